The molecule has 0 unspecified atom stereocenters. The molecule has 2 N–H and O–H groups in total. The number of nitrogens with zero attached hydrogens (tertiary/aromatic N) is 1. The smallest absolute Gasteiger partial charge is 0.308 e. The molecule has 0 spiro atoms. The Bertz CT molecular complexity index is 656. The highest BCUT2D eigenvalue weighted by Gasteiger charge is 2.19. The summed E-state index contributed by atoms with van der Waals surface area (Å²) in [5, 5.41) is 12.0. The molecule has 1 heterocycles. The Balaban J connectivity index is 1.98. The fourth-order valence-electron chi connectivity index (χ4n) is 2.19. The zero-order chi connectivity index (χ0) is 15.9. The zero-order valence-corrected chi connectivity index (χ0v) is 12.3. The second-order valence-corrected chi connectivity index (χ2v) is 5.17. The van der Waals surface area contributed by atoms with E-state index in [1.807, 2.05) is 31.2 Å². The number of hydrogen-bond donors (Lipinski definition) is 2. The Morgan fingerprint density at radius 3 is 2.59 bits per heavy atom. The van der Waals surface area contributed by atoms with Crippen LogP contribution in [0.4, 0.5) is 0 Å². The van der Waals surface area contributed by atoms with Crippen LogP contribution < -0.4 is 5.32 Å². The summed E-state index contributed by atoms with van der Waals surface area (Å²) in [6.07, 6.45) is 3.43. The first kappa shape index (κ1) is 15.7. The molecule has 0 fully saturated rings. The molecule has 0 radical (unpaired) electrons. The molecule has 1 atom stereocenters. The summed E-state index contributed by atoms with van der Waals surface area (Å²) in [6.45, 7) is 2.05. The molecule has 5 nitrogen and oxygen atoms in total. The fraction of sp³-hybridized carbons (Fsp3) is 0.235. The molecule has 2 rings (SSSR count). The number of carboxylic acid groups (broad SMARTS) is 1. The Hall–Kier alpha value is -2.69. The summed E-state index contributed by atoms with van der Waals surface area (Å²) >= 11 is 0. The molecule has 5 heteroatoms. The highest BCUT2D eigenvalue weighted by molar-refractivity contribution is 5.94. The molecular weight excluding hydrogens is 280 g/mol. The number of amides is 1. The predicted molar refractivity (Wildman–Crippen MR) is 82.6 cm³/mol. The van der Waals surface area contributed by atoms with E-state index >= 15 is 0 Å². The van der Waals surface area contributed by atoms with Crippen LogP contribution in [-0.4, -0.2) is 28.5 Å². The Morgan fingerprint density at radius 1 is 1.23 bits per heavy atom. The maximum atomic E-state index is 11.9. The van der Waals surface area contributed by atoms with Gasteiger partial charge in [0.25, 0.3) is 5.91 Å². The Kier molecular flexibility index (Phi) is 5.25. The van der Waals surface area contributed by atoms with E-state index in [0.717, 1.165) is 11.1 Å². The van der Waals surface area contributed by atoms with Crippen LogP contribution >= 0.6 is 0 Å². The van der Waals surface area contributed by atoms with Crippen molar-refractivity contribution in [3.8, 4) is 0 Å². The molecule has 0 aliphatic heterocycles. The van der Waals surface area contributed by atoms with Gasteiger partial charge in [0, 0.05) is 24.5 Å². The predicted octanol–water partition coefficient (Wildman–Crippen LogP) is 2.06. The van der Waals surface area contributed by atoms with Crippen molar-refractivity contribution in [1.82, 2.24) is 10.3 Å². The number of nitrogens with one attached hydrogen (secondary N) is 1. The Labute approximate surface area is 129 Å². The molecule has 1 aromatic heterocycles. The summed E-state index contributed by atoms with van der Waals surface area (Å²) in [5.74, 6) is -1.87. The third kappa shape index (κ3) is 4.41. The maximum Gasteiger partial charge on any atom is 0.308 e. The van der Waals surface area contributed by atoms with Gasteiger partial charge in [-0.2, -0.15) is 0 Å². The minimum Gasteiger partial charge on any atom is -0.481 e. The number of carboxylic acids is 1. The minimum absolute atomic E-state index is 0.0877. The summed E-state index contributed by atoms with van der Waals surface area (Å²) in [4.78, 5) is 27.2. The second kappa shape index (κ2) is 7.36. The van der Waals surface area contributed by atoms with Crippen molar-refractivity contribution >= 4 is 11.9 Å². The summed E-state index contributed by atoms with van der Waals surface area (Å²) in [5.41, 5.74) is 2.50. The summed E-state index contributed by atoms with van der Waals surface area (Å²) < 4.78 is 0. The van der Waals surface area contributed by atoms with Crippen molar-refractivity contribution in [2.75, 3.05) is 6.54 Å². The molecule has 1 amide bonds. The van der Waals surface area contributed by atoms with E-state index < -0.39 is 11.9 Å². The van der Waals surface area contributed by atoms with Crippen molar-refractivity contribution in [3.05, 3.63) is 65.5 Å². The third-order valence-corrected chi connectivity index (χ3v) is 3.37. The second-order valence-electron chi connectivity index (χ2n) is 5.17. The van der Waals surface area contributed by atoms with Crippen LogP contribution in [0.25, 0.3) is 0 Å². The zero-order valence-electron chi connectivity index (χ0n) is 12.3. The highest BCUT2D eigenvalue weighted by atomic mass is 16.4. The lowest BCUT2D eigenvalue weighted by Gasteiger charge is -2.14. The highest BCUT2D eigenvalue weighted by Crippen LogP contribution is 2.11. The van der Waals surface area contributed by atoms with Crippen molar-refractivity contribution < 1.29 is 14.7 Å². The number of carbonyl (C=O) groups excluding carboxylic acids is 1. The van der Waals surface area contributed by atoms with Gasteiger partial charge in [0.05, 0.1) is 5.92 Å². The van der Waals surface area contributed by atoms with Gasteiger partial charge in [0.1, 0.15) is 0 Å². The van der Waals surface area contributed by atoms with Gasteiger partial charge >= 0.3 is 5.97 Å². The molecule has 0 saturated heterocycles. The van der Waals surface area contributed by atoms with Gasteiger partial charge in [-0.25, -0.2) is 0 Å². The topological polar surface area (TPSA) is 79.3 Å². The first-order valence-electron chi connectivity index (χ1n) is 7.03. The lowest BCUT2D eigenvalue weighted by atomic mass is 9.98. The quantitative estimate of drug-likeness (QED) is 0.855. The van der Waals surface area contributed by atoms with E-state index in [-0.39, 0.29) is 12.5 Å². The van der Waals surface area contributed by atoms with Crippen LogP contribution in [0.1, 0.15) is 21.5 Å². The van der Waals surface area contributed by atoms with E-state index in [1.54, 1.807) is 12.1 Å². The molecule has 114 valence electrons. The lowest BCUT2D eigenvalue weighted by Crippen LogP contribution is -2.34. The summed E-state index contributed by atoms with van der Waals surface area (Å²) in [6, 6.07) is 10.9. The van der Waals surface area contributed by atoms with Gasteiger partial charge < -0.3 is 10.4 Å². The summed E-state index contributed by atoms with van der Waals surface area (Å²) in [7, 11) is 0. The van der Waals surface area contributed by atoms with Crippen molar-refractivity contribution in [1.29, 1.82) is 0 Å². The van der Waals surface area contributed by atoms with Gasteiger partial charge in [0.15, 0.2) is 0 Å². The fourth-order valence-corrected chi connectivity index (χ4v) is 2.19. The van der Waals surface area contributed by atoms with Crippen molar-refractivity contribution in [2.24, 2.45) is 5.92 Å². The van der Waals surface area contributed by atoms with Gasteiger partial charge in [-0.1, -0.05) is 29.8 Å². The van der Waals surface area contributed by atoms with E-state index in [0.29, 0.717) is 12.0 Å². The Morgan fingerprint density at radius 2 is 1.95 bits per heavy atom. The van der Waals surface area contributed by atoms with Crippen LogP contribution in [0.5, 0.6) is 0 Å². The van der Waals surface area contributed by atoms with Gasteiger partial charge in [-0.3, -0.25) is 14.6 Å². The van der Waals surface area contributed by atoms with Crippen LogP contribution in [-0.2, 0) is 11.2 Å². The van der Waals surface area contributed by atoms with E-state index in [1.165, 1.54) is 12.4 Å². The molecule has 2 aromatic rings. The number of pyridine rings is 1. The van der Waals surface area contributed by atoms with E-state index in [4.69, 9.17) is 0 Å². The third-order valence-electron chi connectivity index (χ3n) is 3.37. The molecule has 0 aliphatic carbocycles. The van der Waals surface area contributed by atoms with Crippen LogP contribution in [0.3, 0.4) is 0 Å². The van der Waals surface area contributed by atoms with E-state index in [2.05, 4.69) is 10.3 Å². The van der Waals surface area contributed by atoms with E-state index in [9.17, 15) is 14.7 Å². The van der Waals surface area contributed by atoms with Crippen LogP contribution in [0.2, 0.25) is 0 Å². The number of benzene rings is 1. The van der Waals surface area contributed by atoms with Gasteiger partial charge in [-0.15, -0.1) is 0 Å². The average Bonchev–Trinajstić information content (AvgIpc) is 2.51. The molecule has 0 saturated carbocycles. The lowest BCUT2D eigenvalue weighted by molar-refractivity contribution is -0.141. The largest absolute Gasteiger partial charge is 0.481 e. The van der Waals surface area contributed by atoms with Crippen LogP contribution in [0, 0.1) is 12.8 Å². The monoisotopic (exact) mass is 298 g/mol. The standard InChI is InChI=1S/C17H18N2O3/c1-12-3-2-4-13(9-12)10-15(17(21)22)11-19-16(20)14-5-7-18-8-6-14/h2-9,15H,10-11H2,1H3,(H,19,20)(H,21,22)/t15-/m0/s1. The number of carbonyl (C=O) groups is 2. The van der Waals surface area contributed by atoms with Gasteiger partial charge in [-0.05, 0) is 31.0 Å². The molecular formula is C17H18N2O3. The SMILES string of the molecule is Cc1cccc(C[C@@H](CNC(=O)c2ccncc2)C(=O)O)c1. The number of aliphatic carboxylic acids is 1. The number of hydrogen-bond acceptors (Lipinski definition) is 3. The molecule has 22 heavy (non-hydrogen) atoms. The average molecular weight is 298 g/mol. The van der Waals surface area contributed by atoms with Crippen molar-refractivity contribution in [3.63, 3.8) is 0 Å². The van der Waals surface area contributed by atoms with Gasteiger partial charge in [0.2, 0.25) is 0 Å². The van der Waals surface area contributed by atoms with Crippen LogP contribution in [0.15, 0.2) is 48.8 Å². The maximum absolute atomic E-state index is 11.9. The normalized spacial score (nSPS) is 11.7. The molecule has 0 aliphatic rings. The molecule has 1 aromatic carbocycles. The first-order valence-corrected chi connectivity index (χ1v) is 7.03. The minimum atomic E-state index is -0.920. The molecule has 0 bridgehead atoms. The number of aryl methyl sites for hydroxylation is 1. The van der Waals surface area contributed by atoms with Crippen molar-refractivity contribution in [2.45, 2.75) is 13.3 Å². The number of aromatic nitrogens is 1. The number of rotatable bonds is 6. The first-order chi connectivity index (χ1) is 10.6.